The molecule has 0 radical (unpaired) electrons. The van der Waals surface area contributed by atoms with Crippen LogP contribution in [0.3, 0.4) is 0 Å². The van der Waals surface area contributed by atoms with E-state index in [0.29, 0.717) is 12.1 Å². The number of hydrogen-bond acceptors (Lipinski definition) is 3. The highest BCUT2D eigenvalue weighted by Gasteiger charge is 2.26. The summed E-state index contributed by atoms with van der Waals surface area (Å²) in [5, 5.41) is 3.52. The summed E-state index contributed by atoms with van der Waals surface area (Å²) in [6.07, 6.45) is 3.04. The molecule has 0 aromatic carbocycles. The predicted molar refractivity (Wildman–Crippen MR) is 48.1 cm³/mol. The first-order valence-corrected chi connectivity index (χ1v) is 5.55. The van der Waals surface area contributed by atoms with Crippen molar-refractivity contribution in [3.63, 3.8) is 0 Å². The first kappa shape index (κ1) is 7.90. The van der Waals surface area contributed by atoms with E-state index in [0.717, 1.165) is 13.2 Å². The Morgan fingerprint density at radius 3 is 3.09 bits per heavy atom. The van der Waals surface area contributed by atoms with E-state index in [2.05, 4.69) is 5.32 Å². The summed E-state index contributed by atoms with van der Waals surface area (Å²) < 4.78 is 5.62. The lowest BCUT2D eigenvalue weighted by molar-refractivity contribution is 0.0849. The van der Waals surface area contributed by atoms with E-state index in [1.54, 1.807) is 0 Å². The van der Waals surface area contributed by atoms with Crippen LogP contribution in [0.15, 0.2) is 0 Å². The minimum atomic E-state index is 0.516. The van der Waals surface area contributed by atoms with E-state index < -0.39 is 0 Å². The third-order valence-corrected chi connectivity index (χ3v) is 3.45. The summed E-state index contributed by atoms with van der Waals surface area (Å²) in [7, 11) is 0. The first-order chi connectivity index (χ1) is 5.47. The largest absolute Gasteiger partial charge is 0.377 e. The Balaban J connectivity index is 1.82. The van der Waals surface area contributed by atoms with E-state index in [-0.39, 0.29) is 0 Å². The second-order valence-electron chi connectivity index (χ2n) is 3.19. The van der Waals surface area contributed by atoms with Crippen molar-refractivity contribution in [1.82, 2.24) is 5.32 Å². The van der Waals surface area contributed by atoms with E-state index >= 15 is 0 Å². The molecule has 1 N–H and O–H groups in total. The molecule has 64 valence electrons. The van der Waals surface area contributed by atoms with Crippen LogP contribution in [0.4, 0.5) is 0 Å². The lowest BCUT2D eigenvalue weighted by atomic mass is 10.1. The Morgan fingerprint density at radius 2 is 2.45 bits per heavy atom. The summed E-state index contributed by atoms with van der Waals surface area (Å²) in [6, 6.07) is 0.635. The molecule has 0 amide bonds. The topological polar surface area (TPSA) is 21.3 Å². The van der Waals surface area contributed by atoms with Crippen LogP contribution in [0.5, 0.6) is 0 Å². The van der Waals surface area contributed by atoms with Gasteiger partial charge in [0, 0.05) is 30.7 Å². The maximum Gasteiger partial charge on any atom is 0.0736 e. The number of ether oxygens (including phenoxy) is 1. The second-order valence-corrected chi connectivity index (χ2v) is 4.34. The Hall–Kier alpha value is 0.270. The maximum absolute atomic E-state index is 5.62. The van der Waals surface area contributed by atoms with Gasteiger partial charge in [-0.3, -0.25) is 0 Å². The van der Waals surface area contributed by atoms with Gasteiger partial charge in [0.05, 0.1) is 6.10 Å². The van der Waals surface area contributed by atoms with Crippen LogP contribution in [-0.2, 0) is 4.74 Å². The fraction of sp³-hybridized carbons (Fsp3) is 1.00. The number of nitrogens with one attached hydrogen (secondary N) is 1. The quantitative estimate of drug-likeness (QED) is 0.636. The van der Waals surface area contributed by atoms with Crippen molar-refractivity contribution >= 4 is 11.8 Å². The maximum atomic E-state index is 5.62. The molecule has 2 heterocycles. The van der Waals surface area contributed by atoms with Crippen LogP contribution in [0, 0.1) is 0 Å². The molecular formula is C8H15NOS. The summed E-state index contributed by atoms with van der Waals surface area (Å²) in [6.45, 7) is 2.14. The third kappa shape index (κ3) is 1.89. The molecule has 2 aliphatic heterocycles. The Kier molecular flexibility index (Phi) is 2.72. The fourth-order valence-electron chi connectivity index (χ4n) is 1.74. The highest BCUT2D eigenvalue weighted by atomic mass is 32.2. The second kappa shape index (κ2) is 3.78. The van der Waals surface area contributed by atoms with Crippen molar-refractivity contribution in [2.45, 2.75) is 25.0 Å². The van der Waals surface area contributed by atoms with Crippen molar-refractivity contribution in [3.8, 4) is 0 Å². The average molecular weight is 173 g/mol. The number of rotatable bonds is 1. The zero-order chi connectivity index (χ0) is 7.52. The van der Waals surface area contributed by atoms with Crippen molar-refractivity contribution in [2.24, 2.45) is 0 Å². The molecule has 2 atom stereocenters. The molecule has 2 fully saturated rings. The van der Waals surface area contributed by atoms with Crippen molar-refractivity contribution in [3.05, 3.63) is 0 Å². The summed E-state index contributed by atoms with van der Waals surface area (Å²) in [5.41, 5.74) is 0. The molecule has 2 saturated heterocycles. The minimum absolute atomic E-state index is 0.516. The minimum Gasteiger partial charge on any atom is -0.377 e. The van der Waals surface area contributed by atoms with Crippen molar-refractivity contribution in [2.75, 3.05) is 24.7 Å². The Labute approximate surface area is 72.1 Å². The standard InChI is InChI=1S/C8H15NOS/c1-2-8(10-4-1)7-6-11-5-3-9-7/h7-9H,1-6H2. The molecule has 0 aliphatic carbocycles. The molecule has 0 aromatic heterocycles. The molecule has 0 saturated carbocycles. The molecule has 2 aliphatic rings. The van der Waals surface area contributed by atoms with Gasteiger partial charge in [-0.25, -0.2) is 0 Å². The molecule has 2 unspecified atom stereocenters. The number of thioether (sulfide) groups is 1. The monoisotopic (exact) mass is 173 g/mol. The molecule has 0 spiro atoms. The van der Waals surface area contributed by atoms with E-state index in [1.807, 2.05) is 11.8 Å². The summed E-state index contributed by atoms with van der Waals surface area (Å²) >= 11 is 2.05. The first-order valence-electron chi connectivity index (χ1n) is 4.39. The Morgan fingerprint density at radius 1 is 1.45 bits per heavy atom. The molecule has 3 heteroatoms. The molecular weight excluding hydrogens is 158 g/mol. The summed E-state index contributed by atoms with van der Waals surface area (Å²) in [4.78, 5) is 0. The molecule has 2 nitrogen and oxygen atoms in total. The Bertz CT molecular complexity index is 119. The molecule has 11 heavy (non-hydrogen) atoms. The lowest BCUT2D eigenvalue weighted by Crippen LogP contribution is -2.45. The molecule has 2 rings (SSSR count). The van der Waals surface area contributed by atoms with Crippen LogP contribution >= 0.6 is 11.8 Å². The van der Waals surface area contributed by atoms with Crippen LogP contribution in [0.1, 0.15) is 12.8 Å². The van der Waals surface area contributed by atoms with Crippen LogP contribution < -0.4 is 5.32 Å². The summed E-state index contributed by atoms with van der Waals surface area (Å²) in [5.74, 6) is 2.51. The third-order valence-electron chi connectivity index (χ3n) is 2.36. The average Bonchev–Trinajstić information content (AvgIpc) is 2.58. The van der Waals surface area contributed by atoms with E-state index in [9.17, 15) is 0 Å². The van der Waals surface area contributed by atoms with Gasteiger partial charge in [-0.05, 0) is 12.8 Å². The van der Waals surface area contributed by atoms with Crippen LogP contribution in [0.25, 0.3) is 0 Å². The van der Waals surface area contributed by atoms with Gasteiger partial charge in [0.1, 0.15) is 0 Å². The van der Waals surface area contributed by atoms with Gasteiger partial charge in [-0.1, -0.05) is 0 Å². The van der Waals surface area contributed by atoms with Gasteiger partial charge < -0.3 is 10.1 Å². The smallest absolute Gasteiger partial charge is 0.0736 e. The van der Waals surface area contributed by atoms with Crippen molar-refractivity contribution < 1.29 is 4.74 Å². The number of hydrogen-bond donors (Lipinski definition) is 1. The zero-order valence-corrected chi connectivity index (χ0v) is 7.53. The van der Waals surface area contributed by atoms with Gasteiger partial charge >= 0.3 is 0 Å². The van der Waals surface area contributed by atoms with E-state index in [1.165, 1.54) is 24.3 Å². The van der Waals surface area contributed by atoms with Crippen LogP contribution in [0.2, 0.25) is 0 Å². The van der Waals surface area contributed by atoms with Crippen LogP contribution in [-0.4, -0.2) is 36.8 Å². The van der Waals surface area contributed by atoms with Gasteiger partial charge in [0.15, 0.2) is 0 Å². The fourth-order valence-corrected chi connectivity index (χ4v) is 2.76. The van der Waals surface area contributed by atoms with Crippen molar-refractivity contribution in [1.29, 1.82) is 0 Å². The molecule has 0 aromatic rings. The zero-order valence-electron chi connectivity index (χ0n) is 6.71. The molecule has 0 bridgehead atoms. The van der Waals surface area contributed by atoms with E-state index in [4.69, 9.17) is 4.74 Å². The SMILES string of the molecule is C1COC(C2CSCCN2)C1. The van der Waals surface area contributed by atoms with Gasteiger partial charge in [-0.15, -0.1) is 0 Å². The predicted octanol–water partition coefficient (Wildman–Crippen LogP) is 0.870. The highest BCUT2D eigenvalue weighted by molar-refractivity contribution is 7.99. The highest BCUT2D eigenvalue weighted by Crippen LogP contribution is 2.20. The van der Waals surface area contributed by atoms with Gasteiger partial charge in [0.2, 0.25) is 0 Å². The van der Waals surface area contributed by atoms with Gasteiger partial charge in [0.25, 0.3) is 0 Å². The van der Waals surface area contributed by atoms with Gasteiger partial charge in [-0.2, -0.15) is 11.8 Å². The normalized spacial score (nSPS) is 39.3. The lowest BCUT2D eigenvalue weighted by Gasteiger charge is -2.27.